The van der Waals surface area contributed by atoms with Gasteiger partial charge in [0.25, 0.3) is 0 Å². The molecule has 0 aromatic heterocycles. The van der Waals surface area contributed by atoms with Gasteiger partial charge in [0.05, 0.1) is 12.7 Å². The third kappa shape index (κ3) is 4.27. The highest BCUT2D eigenvalue weighted by molar-refractivity contribution is 5.94. The molecule has 1 aliphatic rings. The normalized spacial score (nSPS) is 17.8. The molecule has 2 aromatic rings. The number of hydrogen-bond acceptors (Lipinski definition) is 3. The molecule has 0 aliphatic heterocycles. The number of ether oxygens (including phenoxy) is 1. The van der Waals surface area contributed by atoms with Gasteiger partial charge in [-0.05, 0) is 48.7 Å². The SMILES string of the molecule is COC(=O)c1cccc(C#Cc2cccc(NC(=O)[C@@H]3C[C@@H]3C)c2)c1. The first-order chi connectivity index (χ1) is 12.1. The molecule has 3 rings (SSSR count). The van der Waals surface area contributed by atoms with Crippen LogP contribution in [0.5, 0.6) is 0 Å². The van der Waals surface area contributed by atoms with Crippen molar-refractivity contribution in [3.63, 3.8) is 0 Å². The molecule has 0 heterocycles. The minimum Gasteiger partial charge on any atom is -0.465 e. The Morgan fingerprint density at radius 1 is 1.08 bits per heavy atom. The summed E-state index contributed by atoms with van der Waals surface area (Å²) >= 11 is 0. The van der Waals surface area contributed by atoms with Crippen molar-refractivity contribution in [2.45, 2.75) is 13.3 Å². The van der Waals surface area contributed by atoms with Crippen LogP contribution in [-0.2, 0) is 9.53 Å². The van der Waals surface area contributed by atoms with Crippen molar-refractivity contribution in [1.82, 2.24) is 0 Å². The van der Waals surface area contributed by atoms with Crippen molar-refractivity contribution in [3.8, 4) is 11.8 Å². The van der Waals surface area contributed by atoms with Gasteiger partial charge in [-0.25, -0.2) is 4.79 Å². The molecule has 0 spiro atoms. The number of anilines is 1. The summed E-state index contributed by atoms with van der Waals surface area (Å²) < 4.78 is 4.71. The minimum absolute atomic E-state index is 0.0726. The zero-order chi connectivity index (χ0) is 17.8. The summed E-state index contributed by atoms with van der Waals surface area (Å²) in [6, 6.07) is 14.4. The van der Waals surface area contributed by atoms with Crippen LogP contribution in [-0.4, -0.2) is 19.0 Å². The molecule has 4 nitrogen and oxygen atoms in total. The first kappa shape index (κ1) is 16.8. The van der Waals surface area contributed by atoms with Crippen molar-refractivity contribution in [3.05, 3.63) is 65.2 Å². The highest BCUT2D eigenvalue weighted by Crippen LogP contribution is 2.38. The number of carbonyl (C=O) groups excluding carboxylic acids is 2. The van der Waals surface area contributed by atoms with E-state index in [1.807, 2.05) is 30.3 Å². The molecule has 0 radical (unpaired) electrons. The third-order valence-corrected chi connectivity index (χ3v) is 4.21. The van der Waals surface area contributed by atoms with Crippen LogP contribution >= 0.6 is 0 Å². The summed E-state index contributed by atoms with van der Waals surface area (Å²) in [7, 11) is 1.35. The van der Waals surface area contributed by atoms with Crippen molar-refractivity contribution in [1.29, 1.82) is 0 Å². The fourth-order valence-electron chi connectivity index (χ4n) is 2.58. The lowest BCUT2D eigenvalue weighted by molar-refractivity contribution is -0.117. The Bertz CT molecular complexity index is 876. The van der Waals surface area contributed by atoms with Gasteiger partial charge in [0.15, 0.2) is 0 Å². The molecule has 2 atom stereocenters. The Balaban J connectivity index is 1.73. The summed E-state index contributed by atoms with van der Waals surface area (Å²) in [4.78, 5) is 23.6. The lowest BCUT2D eigenvalue weighted by Crippen LogP contribution is -2.14. The van der Waals surface area contributed by atoms with Crippen LogP contribution in [0.1, 0.15) is 34.8 Å². The maximum atomic E-state index is 12.0. The van der Waals surface area contributed by atoms with Crippen LogP contribution in [0.4, 0.5) is 5.69 Å². The number of carbonyl (C=O) groups is 2. The van der Waals surface area contributed by atoms with E-state index in [9.17, 15) is 9.59 Å². The van der Waals surface area contributed by atoms with E-state index in [0.29, 0.717) is 11.5 Å². The van der Waals surface area contributed by atoms with E-state index in [1.165, 1.54) is 7.11 Å². The van der Waals surface area contributed by atoms with E-state index in [-0.39, 0.29) is 17.8 Å². The quantitative estimate of drug-likeness (QED) is 0.691. The van der Waals surface area contributed by atoms with Crippen LogP contribution in [0.15, 0.2) is 48.5 Å². The molecule has 126 valence electrons. The Kier molecular flexibility index (Phi) is 4.85. The van der Waals surface area contributed by atoms with Gasteiger partial charge in [-0.2, -0.15) is 0 Å². The van der Waals surface area contributed by atoms with Gasteiger partial charge in [0.1, 0.15) is 0 Å². The smallest absolute Gasteiger partial charge is 0.337 e. The molecular weight excluding hydrogens is 314 g/mol. The van der Waals surface area contributed by atoms with Crippen molar-refractivity contribution in [2.75, 3.05) is 12.4 Å². The number of methoxy groups -OCH3 is 1. The third-order valence-electron chi connectivity index (χ3n) is 4.21. The van der Waals surface area contributed by atoms with Crippen molar-refractivity contribution < 1.29 is 14.3 Å². The second-order valence-electron chi connectivity index (χ2n) is 6.21. The van der Waals surface area contributed by atoms with Crippen LogP contribution in [0.25, 0.3) is 0 Å². The zero-order valence-electron chi connectivity index (χ0n) is 14.2. The Morgan fingerprint density at radius 2 is 1.72 bits per heavy atom. The lowest BCUT2D eigenvalue weighted by Gasteiger charge is -2.04. The van der Waals surface area contributed by atoms with Crippen LogP contribution in [0.2, 0.25) is 0 Å². The van der Waals surface area contributed by atoms with Gasteiger partial charge in [-0.1, -0.05) is 30.9 Å². The summed E-state index contributed by atoms with van der Waals surface area (Å²) in [6.07, 6.45) is 0.960. The predicted molar refractivity (Wildman–Crippen MR) is 96.1 cm³/mol. The van der Waals surface area contributed by atoms with E-state index in [1.54, 1.807) is 18.2 Å². The predicted octanol–water partition coefficient (Wildman–Crippen LogP) is 3.47. The van der Waals surface area contributed by atoms with Gasteiger partial charge in [0.2, 0.25) is 5.91 Å². The topological polar surface area (TPSA) is 55.4 Å². The second kappa shape index (κ2) is 7.23. The molecule has 1 N–H and O–H groups in total. The summed E-state index contributed by atoms with van der Waals surface area (Å²) in [6.45, 7) is 2.08. The fourth-order valence-corrected chi connectivity index (χ4v) is 2.58. The second-order valence-corrected chi connectivity index (χ2v) is 6.21. The minimum atomic E-state index is -0.386. The number of benzene rings is 2. The number of rotatable bonds is 3. The Labute approximate surface area is 147 Å². The summed E-state index contributed by atoms with van der Waals surface area (Å²) in [5.74, 6) is 6.39. The van der Waals surface area contributed by atoms with E-state index in [2.05, 4.69) is 24.1 Å². The molecule has 0 unspecified atom stereocenters. The maximum absolute atomic E-state index is 12.0. The molecule has 0 saturated heterocycles. The molecule has 25 heavy (non-hydrogen) atoms. The van der Waals surface area contributed by atoms with Gasteiger partial charge >= 0.3 is 5.97 Å². The van der Waals surface area contributed by atoms with Crippen molar-refractivity contribution >= 4 is 17.6 Å². The van der Waals surface area contributed by atoms with Gasteiger partial charge in [-0.15, -0.1) is 0 Å². The molecule has 1 aliphatic carbocycles. The first-order valence-electron chi connectivity index (χ1n) is 8.18. The number of amides is 1. The number of nitrogens with one attached hydrogen (secondary N) is 1. The largest absolute Gasteiger partial charge is 0.465 e. The summed E-state index contributed by atoms with van der Waals surface area (Å²) in [5, 5.41) is 2.94. The molecule has 1 saturated carbocycles. The van der Waals surface area contributed by atoms with Crippen molar-refractivity contribution in [2.24, 2.45) is 11.8 Å². The standard InChI is InChI=1S/C21H19NO3/c1-14-11-19(14)20(23)22-18-8-4-6-16(13-18)10-9-15-5-3-7-17(12-15)21(24)25-2/h3-8,12-14,19H,11H2,1-2H3,(H,22,23)/t14-,19+/m0/s1. The average molecular weight is 333 g/mol. The average Bonchev–Trinajstić information content (AvgIpc) is 3.37. The fraction of sp³-hybridized carbons (Fsp3) is 0.238. The Morgan fingerprint density at radius 3 is 2.36 bits per heavy atom. The molecule has 4 heteroatoms. The van der Waals surface area contributed by atoms with Gasteiger partial charge in [0, 0.05) is 22.7 Å². The molecule has 2 aromatic carbocycles. The maximum Gasteiger partial charge on any atom is 0.337 e. The van der Waals surface area contributed by atoms with Gasteiger partial charge in [-0.3, -0.25) is 4.79 Å². The molecule has 0 bridgehead atoms. The van der Waals surface area contributed by atoms with E-state index >= 15 is 0 Å². The number of esters is 1. The molecule has 1 fully saturated rings. The first-order valence-corrected chi connectivity index (χ1v) is 8.18. The lowest BCUT2D eigenvalue weighted by atomic mass is 10.1. The Hall–Kier alpha value is -3.06. The number of hydrogen-bond donors (Lipinski definition) is 1. The van der Waals surface area contributed by atoms with E-state index in [0.717, 1.165) is 23.2 Å². The highest BCUT2D eigenvalue weighted by Gasteiger charge is 2.39. The highest BCUT2D eigenvalue weighted by atomic mass is 16.5. The monoisotopic (exact) mass is 333 g/mol. The van der Waals surface area contributed by atoms with Crippen LogP contribution in [0, 0.1) is 23.7 Å². The molecule has 1 amide bonds. The van der Waals surface area contributed by atoms with Crippen LogP contribution in [0.3, 0.4) is 0 Å². The molecular formula is C21H19NO3. The summed E-state index contributed by atoms with van der Waals surface area (Å²) in [5.41, 5.74) is 2.74. The van der Waals surface area contributed by atoms with Crippen LogP contribution < -0.4 is 5.32 Å². The van der Waals surface area contributed by atoms with E-state index < -0.39 is 0 Å². The van der Waals surface area contributed by atoms with Gasteiger partial charge < -0.3 is 10.1 Å². The zero-order valence-corrected chi connectivity index (χ0v) is 14.2. The van der Waals surface area contributed by atoms with E-state index in [4.69, 9.17) is 4.74 Å².